The first-order valence-electron chi connectivity index (χ1n) is 8.30. The van der Waals surface area contributed by atoms with Gasteiger partial charge in [-0.25, -0.2) is 0 Å². The van der Waals surface area contributed by atoms with Gasteiger partial charge in [0, 0.05) is 31.6 Å². The lowest BCUT2D eigenvalue weighted by Crippen LogP contribution is -2.53. The van der Waals surface area contributed by atoms with Gasteiger partial charge in [-0.1, -0.05) is 12.1 Å². The molecule has 0 saturated heterocycles. The maximum absolute atomic E-state index is 12.9. The summed E-state index contributed by atoms with van der Waals surface area (Å²) in [4.78, 5) is 26.9. The maximum Gasteiger partial charge on any atom is 0.278 e. The molecule has 2 heterocycles. The summed E-state index contributed by atoms with van der Waals surface area (Å²) >= 11 is 0. The fourth-order valence-corrected chi connectivity index (χ4v) is 2.80. The average molecular weight is 358 g/mol. The quantitative estimate of drug-likeness (QED) is 0.748. The van der Waals surface area contributed by atoms with Crippen molar-refractivity contribution in [2.75, 3.05) is 31.4 Å². The lowest BCUT2D eigenvalue weighted by molar-refractivity contribution is 0.0575. The van der Waals surface area contributed by atoms with E-state index in [0.29, 0.717) is 18.8 Å². The Hall–Kier alpha value is -3.00. The maximum atomic E-state index is 12.9. The standard InChI is InChI=1S/C18H22N4O4/c1-12-20-22-8-7-15(23)17(16(22)18(24)21(12)9-10-25-2)26-11-13-3-5-14(19)6-4-13/h3-8,12,20H,9-11,19H2,1-2H3. The second-order valence-electron chi connectivity index (χ2n) is 6.05. The van der Waals surface area contributed by atoms with E-state index in [1.165, 1.54) is 16.9 Å². The third kappa shape index (κ3) is 3.50. The van der Waals surface area contributed by atoms with E-state index in [2.05, 4.69) is 5.43 Å². The number of nitrogens with zero attached hydrogens (tertiary/aromatic N) is 2. The number of carbonyl (C=O) groups excluding carboxylic acids is 1. The molecule has 0 aliphatic carbocycles. The number of rotatable bonds is 6. The number of pyridine rings is 1. The van der Waals surface area contributed by atoms with E-state index in [9.17, 15) is 9.59 Å². The van der Waals surface area contributed by atoms with Gasteiger partial charge in [0.05, 0.1) is 6.61 Å². The van der Waals surface area contributed by atoms with Crippen LogP contribution in [0.4, 0.5) is 5.69 Å². The number of nitrogen functional groups attached to an aromatic ring is 1. The SMILES string of the molecule is COCCN1C(=O)c2c(OCc3ccc(N)cc3)c(=O)ccn2NC1C. The number of amides is 1. The summed E-state index contributed by atoms with van der Waals surface area (Å²) in [6.07, 6.45) is 1.30. The van der Waals surface area contributed by atoms with Crippen molar-refractivity contribution in [3.05, 3.63) is 58.0 Å². The molecule has 0 saturated carbocycles. The highest BCUT2D eigenvalue weighted by Crippen LogP contribution is 2.21. The molecule has 8 heteroatoms. The molecule has 3 rings (SSSR count). The van der Waals surface area contributed by atoms with Crippen molar-refractivity contribution < 1.29 is 14.3 Å². The fraction of sp³-hybridized carbons (Fsp3) is 0.333. The van der Waals surface area contributed by atoms with Crippen molar-refractivity contribution in [3.8, 4) is 5.75 Å². The first-order valence-corrected chi connectivity index (χ1v) is 8.30. The number of fused-ring (bicyclic) bond motifs is 1. The van der Waals surface area contributed by atoms with E-state index in [-0.39, 0.29) is 35.6 Å². The highest BCUT2D eigenvalue weighted by molar-refractivity contribution is 5.96. The minimum atomic E-state index is -0.344. The van der Waals surface area contributed by atoms with Crippen LogP contribution < -0.4 is 21.3 Å². The Morgan fingerprint density at radius 2 is 1.92 bits per heavy atom. The Balaban J connectivity index is 1.90. The predicted molar refractivity (Wildman–Crippen MR) is 97.6 cm³/mol. The van der Waals surface area contributed by atoms with Crippen LogP contribution in [0, 0.1) is 0 Å². The number of nitrogens with one attached hydrogen (secondary N) is 1. The summed E-state index contributed by atoms with van der Waals surface area (Å²) in [7, 11) is 1.58. The zero-order valence-electron chi connectivity index (χ0n) is 14.8. The van der Waals surface area contributed by atoms with Crippen LogP contribution in [-0.2, 0) is 11.3 Å². The number of aromatic nitrogens is 1. The molecule has 0 fully saturated rings. The van der Waals surface area contributed by atoms with Crippen molar-refractivity contribution in [2.24, 2.45) is 0 Å². The number of methoxy groups -OCH3 is 1. The van der Waals surface area contributed by atoms with Gasteiger partial charge in [-0.3, -0.25) is 14.3 Å². The molecule has 1 unspecified atom stereocenters. The molecule has 1 aliphatic rings. The number of carbonyl (C=O) groups is 1. The highest BCUT2D eigenvalue weighted by atomic mass is 16.5. The minimum absolute atomic E-state index is 0.0242. The molecule has 0 radical (unpaired) electrons. The van der Waals surface area contributed by atoms with Crippen LogP contribution in [0.25, 0.3) is 0 Å². The molecular weight excluding hydrogens is 336 g/mol. The predicted octanol–water partition coefficient (Wildman–Crippen LogP) is 1.00. The summed E-state index contributed by atoms with van der Waals surface area (Å²) in [5.74, 6) is -0.255. The summed E-state index contributed by atoms with van der Waals surface area (Å²) < 4.78 is 12.3. The Morgan fingerprint density at radius 1 is 1.19 bits per heavy atom. The molecule has 138 valence electrons. The molecule has 1 atom stereocenters. The Morgan fingerprint density at radius 3 is 2.62 bits per heavy atom. The third-order valence-corrected chi connectivity index (χ3v) is 4.21. The molecule has 0 bridgehead atoms. The van der Waals surface area contributed by atoms with Crippen molar-refractivity contribution >= 4 is 11.6 Å². The summed E-state index contributed by atoms with van der Waals surface area (Å²) in [6.45, 7) is 2.83. The van der Waals surface area contributed by atoms with Crippen molar-refractivity contribution in [1.29, 1.82) is 0 Å². The second kappa shape index (κ2) is 7.49. The number of anilines is 1. The van der Waals surface area contributed by atoms with Crippen LogP contribution in [0.3, 0.4) is 0 Å². The largest absolute Gasteiger partial charge is 0.482 e. The van der Waals surface area contributed by atoms with Crippen molar-refractivity contribution in [2.45, 2.75) is 19.7 Å². The minimum Gasteiger partial charge on any atom is -0.482 e. The first-order chi connectivity index (χ1) is 12.5. The van der Waals surface area contributed by atoms with Crippen LogP contribution in [-0.4, -0.2) is 41.9 Å². The first kappa shape index (κ1) is 17.8. The van der Waals surface area contributed by atoms with Gasteiger partial charge < -0.3 is 25.5 Å². The Bertz CT molecular complexity index is 847. The number of hydrogen-bond donors (Lipinski definition) is 2. The summed E-state index contributed by atoms with van der Waals surface area (Å²) in [5, 5.41) is 0. The van der Waals surface area contributed by atoms with Gasteiger partial charge in [-0.05, 0) is 24.6 Å². The van der Waals surface area contributed by atoms with E-state index < -0.39 is 0 Å². The van der Waals surface area contributed by atoms with Gasteiger partial charge in [-0.2, -0.15) is 0 Å². The molecule has 2 aromatic rings. The monoisotopic (exact) mass is 358 g/mol. The number of ether oxygens (including phenoxy) is 2. The van der Waals surface area contributed by atoms with E-state index in [0.717, 1.165) is 5.56 Å². The summed E-state index contributed by atoms with van der Waals surface area (Å²) in [6, 6.07) is 8.52. The lowest BCUT2D eigenvalue weighted by atomic mass is 10.2. The second-order valence-corrected chi connectivity index (χ2v) is 6.05. The topological polar surface area (TPSA) is 98.8 Å². The van der Waals surface area contributed by atoms with Gasteiger partial charge >= 0.3 is 0 Å². The van der Waals surface area contributed by atoms with Crippen LogP contribution in [0.5, 0.6) is 5.75 Å². The van der Waals surface area contributed by atoms with Crippen LogP contribution in [0.15, 0.2) is 41.3 Å². The number of nitrogens with two attached hydrogens (primary N) is 1. The average Bonchev–Trinajstić information content (AvgIpc) is 2.62. The zero-order valence-corrected chi connectivity index (χ0v) is 14.8. The molecule has 1 aromatic heterocycles. The molecule has 1 amide bonds. The van der Waals surface area contributed by atoms with Crippen molar-refractivity contribution in [1.82, 2.24) is 9.58 Å². The number of benzene rings is 1. The van der Waals surface area contributed by atoms with Gasteiger partial charge in [0.15, 0.2) is 11.4 Å². The molecule has 8 nitrogen and oxygen atoms in total. The number of hydrogen-bond acceptors (Lipinski definition) is 6. The van der Waals surface area contributed by atoms with Crippen LogP contribution in [0.2, 0.25) is 0 Å². The van der Waals surface area contributed by atoms with Gasteiger partial charge in [0.25, 0.3) is 5.91 Å². The van der Waals surface area contributed by atoms with E-state index >= 15 is 0 Å². The Labute approximate surface area is 151 Å². The fourth-order valence-electron chi connectivity index (χ4n) is 2.80. The smallest absolute Gasteiger partial charge is 0.278 e. The van der Waals surface area contributed by atoms with Crippen LogP contribution in [0.1, 0.15) is 23.0 Å². The van der Waals surface area contributed by atoms with Crippen LogP contribution >= 0.6 is 0 Å². The Kier molecular flexibility index (Phi) is 5.13. The molecule has 1 aliphatic heterocycles. The van der Waals surface area contributed by atoms with Crippen molar-refractivity contribution in [3.63, 3.8) is 0 Å². The molecule has 3 N–H and O–H groups in total. The molecule has 26 heavy (non-hydrogen) atoms. The molecule has 1 aromatic carbocycles. The van der Waals surface area contributed by atoms with Gasteiger partial charge in [0.2, 0.25) is 5.43 Å². The highest BCUT2D eigenvalue weighted by Gasteiger charge is 2.32. The lowest BCUT2D eigenvalue weighted by Gasteiger charge is -2.37. The van der Waals surface area contributed by atoms with Gasteiger partial charge in [0.1, 0.15) is 12.8 Å². The normalized spacial score (nSPS) is 16.2. The van der Waals surface area contributed by atoms with Gasteiger partial charge in [-0.15, -0.1) is 0 Å². The third-order valence-electron chi connectivity index (χ3n) is 4.21. The van der Waals surface area contributed by atoms with E-state index in [4.69, 9.17) is 15.2 Å². The molecule has 0 spiro atoms. The van der Waals surface area contributed by atoms with E-state index in [1.807, 2.05) is 19.1 Å². The van der Waals surface area contributed by atoms with E-state index in [1.54, 1.807) is 24.1 Å². The molecular formula is C18H22N4O4. The summed E-state index contributed by atoms with van der Waals surface area (Å²) in [5.41, 5.74) is 10.2. The zero-order chi connectivity index (χ0) is 18.7.